The van der Waals surface area contributed by atoms with Crippen LogP contribution in [0.25, 0.3) is 12.2 Å². The van der Waals surface area contributed by atoms with Gasteiger partial charge >= 0.3 is 0 Å². The number of rotatable bonds is 2. The quantitative estimate of drug-likeness (QED) is 0.391. The molecule has 0 radical (unpaired) electrons. The fourth-order valence-corrected chi connectivity index (χ4v) is 5.15. The molecule has 0 aromatic heterocycles. The summed E-state index contributed by atoms with van der Waals surface area (Å²) < 4.78 is 0. The van der Waals surface area contributed by atoms with Crippen LogP contribution in [0.1, 0.15) is 129 Å². The number of phenolic OH excluding ortho intramolecular Hbond substituents is 2. The molecule has 2 N–H and O–H groups in total. The molecule has 0 aliphatic heterocycles. The van der Waals surface area contributed by atoms with Crippen molar-refractivity contribution in [3.63, 3.8) is 0 Å². The van der Waals surface area contributed by atoms with Crippen LogP contribution in [-0.4, -0.2) is 16.0 Å². The number of Topliss-reactive ketones (excluding diaryl/α,β-unsaturated/α-hetero) is 1. The van der Waals surface area contributed by atoms with Crippen molar-refractivity contribution < 1.29 is 15.0 Å². The van der Waals surface area contributed by atoms with Crippen LogP contribution in [-0.2, 0) is 26.5 Å². The highest BCUT2D eigenvalue weighted by Crippen LogP contribution is 2.42. The molecule has 0 atom stereocenters. The van der Waals surface area contributed by atoms with Gasteiger partial charge in [-0.3, -0.25) is 4.79 Å². The van der Waals surface area contributed by atoms with Gasteiger partial charge in [-0.1, -0.05) is 83.1 Å². The molecule has 0 unspecified atom stereocenters. The zero-order valence-corrected chi connectivity index (χ0v) is 25.7. The van der Waals surface area contributed by atoms with Crippen LogP contribution in [0, 0.1) is 0 Å². The molecule has 1 saturated carbocycles. The summed E-state index contributed by atoms with van der Waals surface area (Å²) >= 11 is 0. The number of ketones is 1. The van der Waals surface area contributed by atoms with Crippen LogP contribution in [0.3, 0.4) is 0 Å². The second-order valence-corrected chi connectivity index (χ2v) is 15.1. The van der Waals surface area contributed by atoms with Gasteiger partial charge in [-0.25, -0.2) is 0 Å². The zero-order chi connectivity index (χ0) is 29.0. The van der Waals surface area contributed by atoms with Crippen LogP contribution in [0.15, 0.2) is 35.4 Å². The molecule has 0 heterocycles. The molecule has 1 fully saturated rings. The van der Waals surface area contributed by atoms with Crippen LogP contribution in [0.5, 0.6) is 11.5 Å². The third-order valence-electron chi connectivity index (χ3n) is 7.43. The van der Waals surface area contributed by atoms with Gasteiger partial charge in [-0.2, -0.15) is 0 Å². The molecule has 0 amide bonds. The Bertz CT molecular complexity index is 1140. The lowest BCUT2D eigenvalue weighted by Gasteiger charge is -2.28. The first-order valence-corrected chi connectivity index (χ1v) is 13.8. The van der Waals surface area contributed by atoms with Crippen molar-refractivity contribution in [1.82, 2.24) is 0 Å². The molecule has 2 aromatic rings. The molecule has 2 aromatic carbocycles. The zero-order valence-electron chi connectivity index (χ0n) is 25.7. The minimum absolute atomic E-state index is 0.0791. The molecule has 0 bridgehead atoms. The van der Waals surface area contributed by atoms with Gasteiger partial charge < -0.3 is 10.2 Å². The summed E-state index contributed by atoms with van der Waals surface area (Å²) in [6, 6.07) is 8.10. The number of aromatic hydroxyl groups is 2. The Morgan fingerprint density at radius 1 is 0.526 bits per heavy atom. The predicted molar refractivity (Wildman–Crippen MR) is 161 cm³/mol. The summed E-state index contributed by atoms with van der Waals surface area (Å²) in [5.41, 5.74) is 6.19. The summed E-state index contributed by atoms with van der Waals surface area (Å²) in [5.74, 6) is 0.777. The van der Waals surface area contributed by atoms with E-state index in [1.165, 1.54) is 0 Å². The molecule has 3 rings (SSSR count). The molecule has 0 spiro atoms. The van der Waals surface area contributed by atoms with E-state index in [0.29, 0.717) is 24.3 Å². The average Bonchev–Trinajstić information content (AvgIpc) is 3.06. The van der Waals surface area contributed by atoms with Gasteiger partial charge in [0.2, 0.25) is 0 Å². The first kappa shape index (κ1) is 29.7. The van der Waals surface area contributed by atoms with Gasteiger partial charge in [-0.05, 0) is 82.0 Å². The van der Waals surface area contributed by atoms with E-state index < -0.39 is 0 Å². The Hall–Kier alpha value is -2.81. The first-order chi connectivity index (χ1) is 17.1. The number of phenols is 2. The monoisotopic (exact) mass is 516 g/mol. The van der Waals surface area contributed by atoms with Gasteiger partial charge in [0.25, 0.3) is 0 Å². The van der Waals surface area contributed by atoms with Crippen LogP contribution < -0.4 is 0 Å². The van der Waals surface area contributed by atoms with E-state index in [-0.39, 0.29) is 27.4 Å². The van der Waals surface area contributed by atoms with Gasteiger partial charge in [0.1, 0.15) is 11.5 Å². The largest absolute Gasteiger partial charge is 0.507 e. The number of hydrogen-bond donors (Lipinski definition) is 2. The lowest BCUT2D eigenvalue weighted by Crippen LogP contribution is -2.17. The molecule has 1 aliphatic rings. The van der Waals surface area contributed by atoms with Gasteiger partial charge in [0.15, 0.2) is 5.78 Å². The summed E-state index contributed by atoms with van der Waals surface area (Å²) in [6.45, 7) is 25.2. The second kappa shape index (κ2) is 9.74. The third-order valence-corrected chi connectivity index (χ3v) is 7.43. The van der Waals surface area contributed by atoms with Crippen LogP contribution in [0.2, 0.25) is 0 Å². The summed E-state index contributed by atoms with van der Waals surface area (Å²) in [7, 11) is 0. The maximum atomic E-state index is 13.5. The number of allylic oxidation sites excluding steroid dienone is 2. The molecular weight excluding hydrogens is 468 g/mol. The van der Waals surface area contributed by atoms with Crippen LogP contribution in [0.4, 0.5) is 0 Å². The molecular formula is C35H48O3. The van der Waals surface area contributed by atoms with Crippen LogP contribution >= 0.6 is 0 Å². The van der Waals surface area contributed by atoms with Gasteiger partial charge in [0, 0.05) is 33.4 Å². The molecule has 3 heteroatoms. The molecule has 0 saturated heterocycles. The molecule has 3 nitrogen and oxygen atoms in total. The lowest BCUT2D eigenvalue weighted by molar-refractivity contribution is -0.111. The Balaban J connectivity index is 2.09. The average molecular weight is 517 g/mol. The van der Waals surface area contributed by atoms with E-state index in [2.05, 4.69) is 83.1 Å². The van der Waals surface area contributed by atoms with Crippen molar-refractivity contribution in [2.75, 3.05) is 0 Å². The third kappa shape index (κ3) is 6.25. The molecule has 206 valence electrons. The van der Waals surface area contributed by atoms with Crippen molar-refractivity contribution in [3.05, 3.63) is 68.8 Å². The predicted octanol–water partition coefficient (Wildman–Crippen LogP) is 9.12. The topological polar surface area (TPSA) is 57.5 Å². The standard InChI is InChI=1S/C35H48O3/c1-32(2,3)25-17-21(18-26(30(25)37)33(4,5)6)15-23-13-14-24(29(23)36)16-22-19-27(34(7,8)9)31(38)28(20-22)35(10,11)12/h15-20,37-38H,13-14H2,1-12H3/b23-15+,24-16+. The van der Waals surface area contributed by atoms with Crippen molar-refractivity contribution in [3.8, 4) is 11.5 Å². The van der Waals surface area contributed by atoms with Crippen molar-refractivity contribution >= 4 is 17.9 Å². The number of carbonyl (C=O) groups is 1. The first-order valence-electron chi connectivity index (χ1n) is 13.8. The van der Waals surface area contributed by atoms with Crippen molar-refractivity contribution in [2.24, 2.45) is 0 Å². The second-order valence-electron chi connectivity index (χ2n) is 15.1. The van der Waals surface area contributed by atoms with E-state index in [1.807, 2.05) is 36.4 Å². The summed E-state index contributed by atoms with van der Waals surface area (Å²) in [6.07, 6.45) is 5.39. The Labute approximate surface area is 230 Å². The smallest absolute Gasteiger partial charge is 0.185 e. The Morgan fingerprint density at radius 3 is 0.974 bits per heavy atom. The molecule has 38 heavy (non-hydrogen) atoms. The van der Waals surface area contributed by atoms with E-state index in [1.54, 1.807) is 0 Å². The lowest BCUT2D eigenvalue weighted by atomic mass is 9.78. The highest BCUT2D eigenvalue weighted by Gasteiger charge is 2.29. The minimum Gasteiger partial charge on any atom is -0.507 e. The maximum Gasteiger partial charge on any atom is 0.185 e. The highest BCUT2D eigenvalue weighted by atomic mass is 16.3. The molecule has 1 aliphatic carbocycles. The van der Waals surface area contributed by atoms with Gasteiger partial charge in [-0.15, -0.1) is 0 Å². The Kier molecular flexibility index (Phi) is 7.62. The fourth-order valence-electron chi connectivity index (χ4n) is 5.15. The van der Waals surface area contributed by atoms with Gasteiger partial charge in [0.05, 0.1) is 0 Å². The number of benzene rings is 2. The number of carbonyl (C=O) groups excluding carboxylic acids is 1. The highest BCUT2D eigenvalue weighted by molar-refractivity contribution is 6.15. The summed E-state index contributed by atoms with van der Waals surface area (Å²) in [4.78, 5) is 13.5. The Morgan fingerprint density at radius 2 is 0.763 bits per heavy atom. The van der Waals surface area contributed by atoms with Crippen molar-refractivity contribution in [1.29, 1.82) is 0 Å². The van der Waals surface area contributed by atoms with Crippen molar-refractivity contribution in [2.45, 2.75) is 118 Å². The van der Waals surface area contributed by atoms with E-state index in [9.17, 15) is 15.0 Å². The van der Waals surface area contributed by atoms with E-state index in [0.717, 1.165) is 44.5 Å². The van der Waals surface area contributed by atoms with E-state index in [4.69, 9.17) is 0 Å². The minimum atomic E-state index is -0.224. The number of hydrogen-bond acceptors (Lipinski definition) is 3. The van der Waals surface area contributed by atoms with E-state index >= 15 is 0 Å². The maximum absolute atomic E-state index is 13.5. The SMILES string of the molecule is CC(C)(C)c1cc(/C=C2\CC/C(=C\c3cc(C(C)(C)C)c(O)c(C(C)(C)C)c3)C2=O)cc(C(C)(C)C)c1O. The normalized spacial score (nSPS) is 17.6. The summed E-state index contributed by atoms with van der Waals surface area (Å²) in [5, 5.41) is 22.1. The fraction of sp³-hybridized carbons (Fsp3) is 0.514.